The summed E-state index contributed by atoms with van der Waals surface area (Å²) in [6.45, 7) is 6.52. The van der Waals surface area contributed by atoms with Crippen molar-refractivity contribution in [3.05, 3.63) is 23.6 Å². The molecule has 62 valence electrons. The highest BCUT2D eigenvalue weighted by Crippen LogP contribution is 2.04. The summed E-state index contributed by atoms with van der Waals surface area (Å²) in [5.74, 6) is 0.651. The van der Waals surface area contributed by atoms with E-state index in [-0.39, 0.29) is 0 Å². The number of allylic oxidation sites excluding steroid dienone is 2. The Morgan fingerprint density at radius 2 is 2.00 bits per heavy atom. The third-order valence-electron chi connectivity index (χ3n) is 1.50. The van der Waals surface area contributed by atoms with E-state index in [4.69, 9.17) is 0 Å². The van der Waals surface area contributed by atoms with Crippen molar-refractivity contribution in [1.82, 2.24) is 0 Å². The molecule has 0 aliphatic rings. The molecule has 0 rings (SSSR count). The maximum absolute atomic E-state index is 3.04. The maximum atomic E-state index is 3.04. The molecule has 0 spiro atoms. The van der Waals surface area contributed by atoms with Crippen LogP contribution in [0.5, 0.6) is 0 Å². The van der Waals surface area contributed by atoms with Crippen molar-refractivity contribution >= 4 is 0 Å². The molecule has 0 aliphatic carbocycles. The van der Waals surface area contributed by atoms with Crippen LogP contribution < -0.4 is 0 Å². The second kappa shape index (κ2) is 7.41. The fraction of sp³-hybridized carbons (Fsp3) is 0.636. The summed E-state index contributed by atoms with van der Waals surface area (Å²) in [5, 5.41) is 0. The van der Waals surface area contributed by atoms with E-state index in [1.807, 2.05) is 6.08 Å². The molecule has 11 heavy (non-hydrogen) atoms. The third kappa shape index (κ3) is 7.19. The Bertz CT molecular complexity index is 164. The van der Waals surface area contributed by atoms with E-state index < -0.39 is 0 Å². The van der Waals surface area contributed by atoms with Crippen LogP contribution in [0.25, 0.3) is 0 Å². The van der Waals surface area contributed by atoms with Gasteiger partial charge in [-0.2, -0.15) is 0 Å². The molecular weight excluding hydrogens is 132 g/mol. The Morgan fingerprint density at radius 3 is 2.55 bits per heavy atom. The van der Waals surface area contributed by atoms with Gasteiger partial charge in [0, 0.05) is 0 Å². The summed E-state index contributed by atoms with van der Waals surface area (Å²) in [6, 6.07) is 0. The summed E-state index contributed by atoms with van der Waals surface area (Å²) in [7, 11) is 0. The van der Waals surface area contributed by atoms with Gasteiger partial charge in [-0.05, 0) is 30.9 Å². The minimum Gasteiger partial charge on any atom is -0.0750 e. The van der Waals surface area contributed by atoms with E-state index in [1.165, 1.54) is 12.8 Å². The molecule has 0 aliphatic heterocycles. The molecule has 0 fully saturated rings. The molecule has 0 amide bonds. The summed E-state index contributed by atoms with van der Waals surface area (Å²) in [4.78, 5) is 0. The van der Waals surface area contributed by atoms with Crippen LogP contribution in [-0.2, 0) is 0 Å². The Labute approximate surface area is 70.3 Å². The average molecular weight is 150 g/mol. The van der Waals surface area contributed by atoms with Crippen LogP contribution in [0.15, 0.2) is 23.6 Å². The number of rotatable bonds is 4. The van der Waals surface area contributed by atoms with Crippen molar-refractivity contribution in [3.8, 4) is 0 Å². The van der Waals surface area contributed by atoms with Gasteiger partial charge < -0.3 is 0 Å². The molecule has 0 saturated heterocycles. The first-order valence-electron chi connectivity index (χ1n) is 4.47. The van der Waals surface area contributed by atoms with Crippen LogP contribution in [-0.4, -0.2) is 0 Å². The topological polar surface area (TPSA) is 0 Å². The Morgan fingerprint density at radius 1 is 1.27 bits per heavy atom. The van der Waals surface area contributed by atoms with Crippen LogP contribution in [0, 0.1) is 5.92 Å². The van der Waals surface area contributed by atoms with Gasteiger partial charge in [0.05, 0.1) is 0 Å². The van der Waals surface area contributed by atoms with Crippen molar-refractivity contribution in [2.75, 3.05) is 0 Å². The second-order valence-corrected chi connectivity index (χ2v) is 2.83. The van der Waals surface area contributed by atoms with Crippen LogP contribution in [0.2, 0.25) is 0 Å². The maximum Gasteiger partial charge on any atom is -0.0180 e. The number of hydrogen-bond acceptors (Lipinski definition) is 0. The molecule has 0 N–H and O–H groups in total. The first kappa shape index (κ1) is 10.3. The molecule has 0 radical (unpaired) electrons. The van der Waals surface area contributed by atoms with Gasteiger partial charge in [0.1, 0.15) is 0 Å². The van der Waals surface area contributed by atoms with E-state index in [0.29, 0.717) is 5.92 Å². The Kier molecular flexibility index (Phi) is 6.94. The van der Waals surface area contributed by atoms with E-state index >= 15 is 0 Å². The fourth-order valence-electron chi connectivity index (χ4n) is 0.890. The van der Waals surface area contributed by atoms with Gasteiger partial charge in [0.2, 0.25) is 0 Å². The van der Waals surface area contributed by atoms with Gasteiger partial charge in [0.25, 0.3) is 0 Å². The normalized spacial score (nSPS) is 11.2. The quantitative estimate of drug-likeness (QED) is 0.536. The second-order valence-electron chi connectivity index (χ2n) is 2.83. The first-order chi connectivity index (χ1) is 5.31. The van der Waals surface area contributed by atoms with E-state index in [9.17, 15) is 0 Å². The lowest BCUT2D eigenvalue weighted by Gasteiger charge is -1.98. The molecule has 0 nitrogen and oxygen atoms in total. The standard InChI is InChI=1S/C11H18/c1-4-6-7-8-10-11(3)9-5-2/h6,10-11H,4-5,9H2,1-3H3. The van der Waals surface area contributed by atoms with E-state index in [1.54, 1.807) is 0 Å². The summed E-state index contributed by atoms with van der Waals surface area (Å²) in [5.41, 5.74) is 6.03. The van der Waals surface area contributed by atoms with Crippen molar-refractivity contribution < 1.29 is 0 Å². The zero-order valence-corrected chi connectivity index (χ0v) is 7.85. The van der Waals surface area contributed by atoms with E-state index in [2.05, 4.69) is 38.3 Å². The molecule has 0 aromatic rings. The molecule has 1 unspecified atom stereocenters. The van der Waals surface area contributed by atoms with E-state index in [0.717, 1.165) is 6.42 Å². The van der Waals surface area contributed by atoms with Gasteiger partial charge in [-0.1, -0.05) is 38.7 Å². The van der Waals surface area contributed by atoms with Crippen LogP contribution in [0.3, 0.4) is 0 Å². The predicted octanol–water partition coefficient (Wildman–Crippen LogP) is 3.70. The largest absolute Gasteiger partial charge is 0.0750 e. The molecule has 0 aromatic carbocycles. The van der Waals surface area contributed by atoms with Crippen molar-refractivity contribution in [2.45, 2.75) is 40.0 Å². The fourth-order valence-corrected chi connectivity index (χ4v) is 0.890. The lowest BCUT2D eigenvalue weighted by molar-refractivity contribution is 0.635. The van der Waals surface area contributed by atoms with Gasteiger partial charge in [0.15, 0.2) is 0 Å². The lowest BCUT2D eigenvalue weighted by atomic mass is 10.1. The zero-order chi connectivity index (χ0) is 8.53. The van der Waals surface area contributed by atoms with Crippen LogP contribution in [0.1, 0.15) is 40.0 Å². The Balaban J connectivity index is 3.80. The monoisotopic (exact) mass is 150 g/mol. The molecule has 1 atom stereocenters. The van der Waals surface area contributed by atoms with Gasteiger partial charge in [-0.15, -0.1) is 0 Å². The predicted molar refractivity (Wildman–Crippen MR) is 50.5 cm³/mol. The minimum atomic E-state index is 0.651. The van der Waals surface area contributed by atoms with Crippen molar-refractivity contribution in [1.29, 1.82) is 0 Å². The molecular formula is C11H18. The summed E-state index contributed by atoms with van der Waals surface area (Å²) in [6.07, 6.45) is 7.63. The van der Waals surface area contributed by atoms with Crippen molar-refractivity contribution in [3.63, 3.8) is 0 Å². The SMILES string of the molecule is CCC=C=C=CC(C)CCC. The van der Waals surface area contributed by atoms with Gasteiger partial charge >= 0.3 is 0 Å². The molecule has 0 bridgehead atoms. The molecule has 0 heterocycles. The van der Waals surface area contributed by atoms with Crippen LogP contribution in [0.4, 0.5) is 0 Å². The first-order valence-corrected chi connectivity index (χ1v) is 4.47. The smallest absolute Gasteiger partial charge is 0.0180 e. The summed E-state index contributed by atoms with van der Waals surface area (Å²) < 4.78 is 0. The highest BCUT2D eigenvalue weighted by atomic mass is 14.0. The molecule has 0 aromatic heterocycles. The van der Waals surface area contributed by atoms with Crippen molar-refractivity contribution in [2.24, 2.45) is 5.92 Å². The van der Waals surface area contributed by atoms with Gasteiger partial charge in [-0.25, -0.2) is 0 Å². The van der Waals surface area contributed by atoms with Crippen LogP contribution >= 0.6 is 0 Å². The van der Waals surface area contributed by atoms with Gasteiger partial charge in [-0.3, -0.25) is 0 Å². The average Bonchev–Trinajstić information content (AvgIpc) is 1.99. The lowest BCUT2D eigenvalue weighted by Crippen LogP contribution is -1.85. The highest BCUT2D eigenvalue weighted by Gasteiger charge is 1.90. The minimum absolute atomic E-state index is 0.651. The Hall–Kier alpha value is -0.700. The number of hydrogen-bond donors (Lipinski definition) is 0. The third-order valence-corrected chi connectivity index (χ3v) is 1.50. The summed E-state index contributed by atoms with van der Waals surface area (Å²) >= 11 is 0. The zero-order valence-electron chi connectivity index (χ0n) is 7.85. The molecule has 0 heteroatoms. The molecule has 0 saturated carbocycles. The highest BCUT2D eigenvalue weighted by molar-refractivity contribution is 4.88.